The lowest BCUT2D eigenvalue weighted by Gasteiger charge is -2.13. The molecule has 1 heterocycles. The number of pyridine rings is 1. The SMILES string of the molecule is CC(=O)CN(C)Cc1cccnc1. The minimum absolute atomic E-state index is 0.186. The summed E-state index contributed by atoms with van der Waals surface area (Å²) in [5, 5.41) is 0. The molecule has 1 rings (SSSR count). The van der Waals surface area contributed by atoms with E-state index in [9.17, 15) is 4.79 Å². The molecule has 0 atom stereocenters. The predicted molar refractivity (Wildman–Crippen MR) is 51.3 cm³/mol. The number of ketones is 1. The number of Topliss-reactive ketones (excluding diaryl/α,β-unsaturated/α-hetero) is 1. The van der Waals surface area contributed by atoms with E-state index >= 15 is 0 Å². The normalized spacial score (nSPS) is 10.4. The van der Waals surface area contributed by atoms with E-state index in [1.165, 1.54) is 0 Å². The van der Waals surface area contributed by atoms with E-state index in [1.807, 2.05) is 30.3 Å². The highest BCUT2D eigenvalue weighted by Crippen LogP contribution is 1.99. The van der Waals surface area contributed by atoms with Gasteiger partial charge in [-0.1, -0.05) is 6.07 Å². The Balaban J connectivity index is 2.45. The van der Waals surface area contributed by atoms with Crippen molar-refractivity contribution in [3.8, 4) is 0 Å². The van der Waals surface area contributed by atoms with Crippen LogP contribution in [0.25, 0.3) is 0 Å². The molecular weight excluding hydrogens is 164 g/mol. The first kappa shape index (κ1) is 9.86. The van der Waals surface area contributed by atoms with E-state index in [-0.39, 0.29) is 5.78 Å². The largest absolute Gasteiger partial charge is 0.299 e. The standard InChI is InChI=1S/C10H14N2O/c1-9(13)7-12(2)8-10-4-3-5-11-6-10/h3-6H,7-8H2,1-2H3. The second kappa shape index (κ2) is 4.72. The van der Waals surface area contributed by atoms with Crippen LogP contribution >= 0.6 is 0 Å². The lowest BCUT2D eigenvalue weighted by molar-refractivity contribution is -0.117. The van der Waals surface area contributed by atoms with Gasteiger partial charge in [0.2, 0.25) is 0 Å². The van der Waals surface area contributed by atoms with Gasteiger partial charge in [-0.15, -0.1) is 0 Å². The highest BCUT2D eigenvalue weighted by molar-refractivity contribution is 5.77. The molecule has 0 saturated carbocycles. The Hall–Kier alpha value is -1.22. The zero-order valence-corrected chi connectivity index (χ0v) is 8.03. The predicted octanol–water partition coefficient (Wildman–Crippen LogP) is 1.10. The van der Waals surface area contributed by atoms with E-state index in [1.54, 1.807) is 13.1 Å². The van der Waals surface area contributed by atoms with E-state index < -0.39 is 0 Å². The van der Waals surface area contributed by atoms with Crippen LogP contribution in [0.4, 0.5) is 0 Å². The summed E-state index contributed by atoms with van der Waals surface area (Å²) in [6.45, 7) is 2.86. The van der Waals surface area contributed by atoms with E-state index in [2.05, 4.69) is 4.98 Å². The third kappa shape index (κ3) is 3.80. The maximum Gasteiger partial charge on any atom is 0.143 e. The average molecular weight is 178 g/mol. The van der Waals surface area contributed by atoms with Gasteiger partial charge in [0.15, 0.2) is 0 Å². The lowest BCUT2D eigenvalue weighted by atomic mass is 10.2. The Bertz CT molecular complexity index is 272. The monoisotopic (exact) mass is 178 g/mol. The minimum atomic E-state index is 0.186. The summed E-state index contributed by atoms with van der Waals surface area (Å²) < 4.78 is 0. The number of nitrogens with zero attached hydrogens (tertiary/aromatic N) is 2. The highest BCUT2D eigenvalue weighted by Gasteiger charge is 2.01. The van der Waals surface area contributed by atoms with Crippen LogP contribution in [0.3, 0.4) is 0 Å². The van der Waals surface area contributed by atoms with Crippen molar-refractivity contribution in [1.82, 2.24) is 9.88 Å². The molecule has 1 aromatic rings. The summed E-state index contributed by atoms with van der Waals surface area (Å²) in [6.07, 6.45) is 3.56. The molecule has 70 valence electrons. The Morgan fingerprint density at radius 1 is 1.62 bits per heavy atom. The van der Waals surface area contributed by atoms with Gasteiger partial charge in [0, 0.05) is 18.9 Å². The molecule has 0 bridgehead atoms. The molecule has 0 aliphatic heterocycles. The molecule has 0 aliphatic rings. The summed E-state index contributed by atoms with van der Waals surface area (Å²) in [5.74, 6) is 0.186. The zero-order chi connectivity index (χ0) is 9.68. The number of carbonyl (C=O) groups is 1. The van der Waals surface area contributed by atoms with Crippen molar-refractivity contribution in [1.29, 1.82) is 0 Å². The second-order valence-electron chi connectivity index (χ2n) is 3.24. The van der Waals surface area contributed by atoms with Gasteiger partial charge in [0.1, 0.15) is 5.78 Å². The third-order valence-electron chi connectivity index (χ3n) is 1.67. The van der Waals surface area contributed by atoms with Gasteiger partial charge in [0.25, 0.3) is 0 Å². The Morgan fingerprint density at radius 2 is 2.38 bits per heavy atom. The Morgan fingerprint density at radius 3 is 2.92 bits per heavy atom. The average Bonchev–Trinajstić information content (AvgIpc) is 2.04. The number of aromatic nitrogens is 1. The van der Waals surface area contributed by atoms with Crippen LogP contribution in [-0.4, -0.2) is 29.3 Å². The molecule has 0 N–H and O–H groups in total. The van der Waals surface area contributed by atoms with Crippen molar-refractivity contribution in [3.63, 3.8) is 0 Å². The van der Waals surface area contributed by atoms with Gasteiger partial charge in [-0.2, -0.15) is 0 Å². The van der Waals surface area contributed by atoms with E-state index in [0.717, 1.165) is 12.1 Å². The van der Waals surface area contributed by atoms with Gasteiger partial charge in [-0.25, -0.2) is 0 Å². The van der Waals surface area contributed by atoms with Gasteiger partial charge in [-0.05, 0) is 25.6 Å². The minimum Gasteiger partial charge on any atom is -0.299 e. The second-order valence-corrected chi connectivity index (χ2v) is 3.24. The quantitative estimate of drug-likeness (QED) is 0.692. The third-order valence-corrected chi connectivity index (χ3v) is 1.67. The van der Waals surface area contributed by atoms with Crippen LogP contribution in [0.1, 0.15) is 12.5 Å². The van der Waals surface area contributed by atoms with Crippen LogP contribution in [0.15, 0.2) is 24.5 Å². The number of hydrogen-bond donors (Lipinski definition) is 0. The van der Waals surface area contributed by atoms with Crippen molar-refractivity contribution < 1.29 is 4.79 Å². The maximum absolute atomic E-state index is 10.8. The smallest absolute Gasteiger partial charge is 0.143 e. The maximum atomic E-state index is 10.8. The molecule has 0 aliphatic carbocycles. The van der Waals surface area contributed by atoms with E-state index in [0.29, 0.717) is 6.54 Å². The number of hydrogen-bond acceptors (Lipinski definition) is 3. The summed E-state index contributed by atoms with van der Waals surface area (Å²) in [7, 11) is 1.92. The molecule has 3 heteroatoms. The first-order valence-electron chi connectivity index (χ1n) is 4.25. The number of carbonyl (C=O) groups excluding carboxylic acids is 1. The first-order valence-corrected chi connectivity index (χ1v) is 4.25. The molecule has 0 spiro atoms. The Kier molecular flexibility index (Phi) is 3.58. The molecule has 1 aromatic heterocycles. The van der Waals surface area contributed by atoms with Gasteiger partial charge in [-0.3, -0.25) is 14.7 Å². The molecule has 0 aromatic carbocycles. The summed E-state index contributed by atoms with van der Waals surface area (Å²) in [5.41, 5.74) is 1.13. The van der Waals surface area contributed by atoms with Crippen LogP contribution in [0.5, 0.6) is 0 Å². The van der Waals surface area contributed by atoms with Gasteiger partial charge >= 0.3 is 0 Å². The van der Waals surface area contributed by atoms with Crippen LogP contribution < -0.4 is 0 Å². The van der Waals surface area contributed by atoms with Gasteiger partial charge in [0.05, 0.1) is 6.54 Å². The lowest BCUT2D eigenvalue weighted by Crippen LogP contribution is -2.23. The fourth-order valence-corrected chi connectivity index (χ4v) is 1.24. The number of likely N-dealkylation sites (N-methyl/N-ethyl adjacent to an activating group) is 1. The fraction of sp³-hybridized carbons (Fsp3) is 0.400. The summed E-state index contributed by atoms with van der Waals surface area (Å²) >= 11 is 0. The molecule has 0 saturated heterocycles. The molecule has 13 heavy (non-hydrogen) atoms. The Labute approximate surface area is 78.4 Å². The van der Waals surface area contributed by atoms with Crippen molar-refractivity contribution in [2.45, 2.75) is 13.5 Å². The van der Waals surface area contributed by atoms with Crippen molar-refractivity contribution in [2.75, 3.05) is 13.6 Å². The van der Waals surface area contributed by atoms with Crippen molar-refractivity contribution in [2.24, 2.45) is 0 Å². The molecule has 0 fully saturated rings. The van der Waals surface area contributed by atoms with Crippen molar-refractivity contribution >= 4 is 5.78 Å². The zero-order valence-electron chi connectivity index (χ0n) is 8.03. The molecular formula is C10H14N2O. The summed E-state index contributed by atoms with van der Waals surface area (Å²) in [6, 6.07) is 3.90. The molecule has 0 amide bonds. The number of rotatable bonds is 4. The van der Waals surface area contributed by atoms with Crippen LogP contribution in [0, 0.1) is 0 Å². The fourth-order valence-electron chi connectivity index (χ4n) is 1.24. The van der Waals surface area contributed by atoms with E-state index in [4.69, 9.17) is 0 Å². The van der Waals surface area contributed by atoms with Crippen molar-refractivity contribution in [3.05, 3.63) is 30.1 Å². The van der Waals surface area contributed by atoms with Gasteiger partial charge < -0.3 is 0 Å². The molecule has 0 radical (unpaired) electrons. The molecule has 3 nitrogen and oxygen atoms in total. The van der Waals surface area contributed by atoms with Crippen LogP contribution in [0.2, 0.25) is 0 Å². The highest BCUT2D eigenvalue weighted by atomic mass is 16.1. The van der Waals surface area contributed by atoms with Crippen LogP contribution in [-0.2, 0) is 11.3 Å². The first-order chi connectivity index (χ1) is 6.18. The summed E-state index contributed by atoms with van der Waals surface area (Å²) in [4.78, 5) is 16.8. The molecule has 0 unspecified atom stereocenters. The topological polar surface area (TPSA) is 33.2 Å².